The van der Waals surface area contributed by atoms with Crippen molar-refractivity contribution in [2.45, 2.75) is 13.3 Å². The number of amides is 2. The highest BCUT2D eigenvalue weighted by Gasteiger charge is 2.20. The van der Waals surface area contributed by atoms with E-state index in [1.165, 1.54) is 0 Å². The molecule has 3 N–H and O–H groups in total. The smallest absolute Gasteiger partial charge is 0.279 e. The van der Waals surface area contributed by atoms with Gasteiger partial charge in [-0.1, -0.05) is 28.9 Å². The van der Waals surface area contributed by atoms with E-state index in [0.29, 0.717) is 23.6 Å². The normalized spacial score (nSPS) is 11.8. The van der Waals surface area contributed by atoms with Crippen molar-refractivity contribution < 1.29 is 27.7 Å². The molecule has 0 radical (unpaired) electrons. The fourth-order valence-electron chi connectivity index (χ4n) is 2.64. The number of hydrogen-bond donors (Lipinski definition) is 3. The zero-order chi connectivity index (χ0) is 20.7. The van der Waals surface area contributed by atoms with Gasteiger partial charge >= 0.3 is 0 Å². The molecule has 0 aliphatic carbocycles. The van der Waals surface area contributed by atoms with E-state index in [2.05, 4.69) is 26.6 Å². The number of quaternary nitrogens is 1. The highest BCUT2D eigenvalue weighted by molar-refractivity contribution is 9.10. The van der Waals surface area contributed by atoms with Gasteiger partial charge in [-0.3, -0.25) is 9.59 Å². The Labute approximate surface area is 169 Å². The SMILES string of the molecule is CCC[NH+](CC(=O)Nc1cccc(Br)c1)CC(=O)Nc1ccc(F)c(F)c1F. The molecule has 5 nitrogen and oxygen atoms in total. The van der Waals surface area contributed by atoms with Gasteiger partial charge in [0.15, 0.2) is 30.5 Å². The number of benzene rings is 2. The lowest BCUT2D eigenvalue weighted by molar-refractivity contribution is -0.883. The van der Waals surface area contributed by atoms with Gasteiger partial charge in [0.25, 0.3) is 11.8 Å². The summed E-state index contributed by atoms with van der Waals surface area (Å²) in [5.41, 5.74) is 0.168. The first-order valence-electron chi connectivity index (χ1n) is 8.62. The van der Waals surface area contributed by atoms with Crippen LogP contribution in [0, 0.1) is 17.5 Å². The summed E-state index contributed by atoms with van der Waals surface area (Å²) in [6.07, 6.45) is 0.715. The third-order valence-electron chi connectivity index (χ3n) is 3.84. The molecule has 2 aromatic carbocycles. The molecule has 2 rings (SSSR count). The molecule has 0 saturated carbocycles. The second-order valence-corrected chi connectivity index (χ2v) is 7.10. The second kappa shape index (κ2) is 10.2. The second-order valence-electron chi connectivity index (χ2n) is 6.18. The largest absolute Gasteiger partial charge is 0.321 e. The van der Waals surface area contributed by atoms with E-state index in [9.17, 15) is 22.8 Å². The average molecular weight is 459 g/mol. The number of halogens is 4. The quantitative estimate of drug-likeness (QED) is 0.532. The molecule has 0 spiro atoms. The van der Waals surface area contributed by atoms with Gasteiger partial charge in [-0.25, -0.2) is 13.2 Å². The topological polar surface area (TPSA) is 62.6 Å². The van der Waals surface area contributed by atoms with Crippen molar-refractivity contribution in [1.29, 1.82) is 0 Å². The lowest BCUT2D eigenvalue weighted by Gasteiger charge is -2.18. The lowest BCUT2D eigenvalue weighted by atomic mass is 10.2. The lowest BCUT2D eigenvalue weighted by Crippen LogP contribution is -3.14. The Balaban J connectivity index is 1.97. The van der Waals surface area contributed by atoms with Crippen LogP contribution in [-0.4, -0.2) is 31.4 Å². The summed E-state index contributed by atoms with van der Waals surface area (Å²) >= 11 is 3.32. The van der Waals surface area contributed by atoms with Gasteiger partial charge in [-0.15, -0.1) is 0 Å². The van der Waals surface area contributed by atoms with E-state index in [1.807, 2.05) is 13.0 Å². The molecule has 0 aliphatic rings. The molecular weight excluding hydrogens is 439 g/mol. The Bertz CT molecular complexity index is 864. The van der Waals surface area contributed by atoms with Crippen molar-refractivity contribution in [3.05, 3.63) is 58.3 Å². The summed E-state index contributed by atoms with van der Waals surface area (Å²) < 4.78 is 40.7. The van der Waals surface area contributed by atoms with Crippen LogP contribution in [0.5, 0.6) is 0 Å². The van der Waals surface area contributed by atoms with Crippen LogP contribution in [0.1, 0.15) is 13.3 Å². The molecule has 0 aliphatic heterocycles. The van der Waals surface area contributed by atoms with Gasteiger partial charge in [-0.2, -0.15) is 0 Å². The first kappa shape index (κ1) is 21.9. The number of nitrogens with one attached hydrogen (secondary N) is 3. The minimum absolute atomic E-state index is 0.0219. The van der Waals surface area contributed by atoms with Gasteiger partial charge < -0.3 is 15.5 Å². The highest BCUT2D eigenvalue weighted by Crippen LogP contribution is 2.19. The first-order chi connectivity index (χ1) is 13.3. The standard InChI is InChI=1S/C19H19BrF3N3O2/c1-2-8-26(10-16(27)24-13-5-3-4-12(20)9-13)11-17(28)25-15-7-6-14(21)18(22)19(15)23/h3-7,9H,2,8,10-11H2,1H3,(H,24,27)(H,25,28)/p+1. The monoisotopic (exact) mass is 458 g/mol. The third-order valence-corrected chi connectivity index (χ3v) is 4.34. The molecule has 28 heavy (non-hydrogen) atoms. The number of hydrogen-bond acceptors (Lipinski definition) is 2. The molecule has 0 fully saturated rings. The van der Waals surface area contributed by atoms with Crippen LogP contribution < -0.4 is 15.5 Å². The Hall–Kier alpha value is -2.39. The maximum atomic E-state index is 13.7. The molecule has 2 amide bonds. The number of carbonyl (C=O) groups excluding carboxylic acids is 2. The molecule has 0 aromatic heterocycles. The number of rotatable bonds is 8. The van der Waals surface area contributed by atoms with Crippen molar-refractivity contribution in [2.24, 2.45) is 0 Å². The minimum atomic E-state index is -1.65. The summed E-state index contributed by atoms with van der Waals surface area (Å²) in [5.74, 6) is -5.34. The zero-order valence-electron chi connectivity index (χ0n) is 15.1. The summed E-state index contributed by atoms with van der Waals surface area (Å²) in [4.78, 5) is 25.1. The Morgan fingerprint density at radius 2 is 1.68 bits per heavy atom. The van der Waals surface area contributed by atoms with Crippen LogP contribution in [0.3, 0.4) is 0 Å². The Morgan fingerprint density at radius 3 is 2.32 bits per heavy atom. The van der Waals surface area contributed by atoms with Gasteiger partial charge in [0.1, 0.15) is 0 Å². The summed E-state index contributed by atoms with van der Waals surface area (Å²) in [5, 5.41) is 4.96. The average Bonchev–Trinajstić information content (AvgIpc) is 2.62. The van der Waals surface area contributed by atoms with E-state index in [0.717, 1.165) is 16.6 Å². The van der Waals surface area contributed by atoms with Crippen molar-refractivity contribution in [3.8, 4) is 0 Å². The summed E-state index contributed by atoms with van der Waals surface area (Å²) in [7, 11) is 0. The molecule has 2 aromatic rings. The molecule has 150 valence electrons. The van der Waals surface area contributed by atoms with Crippen LogP contribution in [-0.2, 0) is 9.59 Å². The fourth-order valence-corrected chi connectivity index (χ4v) is 3.03. The van der Waals surface area contributed by atoms with Crippen LogP contribution in [0.15, 0.2) is 40.9 Å². The molecule has 0 saturated heterocycles. The van der Waals surface area contributed by atoms with Crippen molar-refractivity contribution in [2.75, 3.05) is 30.3 Å². The predicted molar refractivity (Wildman–Crippen MR) is 104 cm³/mol. The van der Waals surface area contributed by atoms with Gasteiger partial charge in [0, 0.05) is 10.2 Å². The van der Waals surface area contributed by atoms with E-state index < -0.39 is 29.0 Å². The van der Waals surface area contributed by atoms with Crippen LogP contribution in [0.4, 0.5) is 24.5 Å². The molecule has 9 heteroatoms. The van der Waals surface area contributed by atoms with Gasteiger partial charge in [0.2, 0.25) is 0 Å². The highest BCUT2D eigenvalue weighted by atomic mass is 79.9. The van der Waals surface area contributed by atoms with Crippen LogP contribution in [0.2, 0.25) is 0 Å². The van der Waals surface area contributed by atoms with Crippen LogP contribution >= 0.6 is 15.9 Å². The van der Waals surface area contributed by atoms with E-state index >= 15 is 0 Å². The maximum Gasteiger partial charge on any atom is 0.279 e. The molecular formula is C19H20BrF3N3O2+. The van der Waals surface area contributed by atoms with E-state index in [4.69, 9.17) is 0 Å². The molecule has 1 unspecified atom stereocenters. The van der Waals surface area contributed by atoms with E-state index in [1.54, 1.807) is 18.2 Å². The minimum Gasteiger partial charge on any atom is -0.321 e. The molecule has 1 atom stereocenters. The Morgan fingerprint density at radius 1 is 1.00 bits per heavy atom. The molecule has 0 heterocycles. The Kier molecular flexibility index (Phi) is 8.01. The van der Waals surface area contributed by atoms with Gasteiger partial charge in [0.05, 0.1) is 12.2 Å². The maximum absolute atomic E-state index is 13.7. The molecule has 0 bridgehead atoms. The number of anilines is 2. The van der Waals surface area contributed by atoms with Crippen molar-refractivity contribution in [3.63, 3.8) is 0 Å². The first-order valence-corrected chi connectivity index (χ1v) is 9.41. The third kappa shape index (κ3) is 6.35. The van der Waals surface area contributed by atoms with E-state index in [-0.39, 0.29) is 19.0 Å². The summed E-state index contributed by atoms with van der Waals surface area (Å²) in [6.45, 7) is 2.32. The summed E-state index contributed by atoms with van der Waals surface area (Å²) in [6, 6.07) is 8.77. The van der Waals surface area contributed by atoms with Crippen molar-refractivity contribution in [1.82, 2.24) is 0 Å². The van der Waals surface area contributed by atoms with Gasteiger partial charge in [-0.05, 0) is 36.8 Å². The number of carbonyl (C=O) groups is 2. The fraction of sp³-hybridized carbons (Fsp3) is 0.263. The zero-order valence-corrected chi connectivity index (χ0v) is 16.7. The predicted octanol–water partition coefficient (Wildman–Crippen LogP) is 2.74. The van der Waals surface area contributed by atoms with Crippen molar-refractivity contribution >= 4 is 39.1 Å². The van der Waals surface area contributed by atoms with Crippen LogP contribution in [0.25, 0.3) is 0 Å².